The van der Waals surface area contributed by atoms with Gasteiger partial charge in [0.15, 0.2) is 5.11 Å². The van der Waals surface area contributed by atoms with Gasteiger partial charge in [-0.15, -0.1) is 0 Å². The Morgan fingerprint density at radius 1 is 1.55 bits per heavy atom. The SMILES string of the molecule is CC(CN(N)C(N)=S)N(C)C. The van der Waals surface area contributed by atoms with Gasteiger partial charge in [-0.3, -0.25) is 5.01 Å². The number of nitrogens with zero attached hydrogens (tertiary/aromatic N) is 2. The molecule has 0 aromatic rings. The first-order valence-corrected chi connectivity index (χ1v) is 3.84. The van der Waals surface area contributed by atoms with Gasteiger partial charge in [-0.25, -0.2) is 5.84 Å². The van der Waals surface area contributed by atoms with Gasteiger partial charge in [0.1, 0.15) is 0 Å². The fourth-order valence-electron chi connectivity index (χ4n) is 0.538. The van der Waals surface area contributed by atoms with Crippen LogP contribution in [-0.2, 0) is 0 Å². The molecule has 0 spiro atoms. The molecule has 0 fully saturated rings. The second-order valence-electron chi connectivity index (χ2n) is 2.80. The Bertz CT molecular complexity index is 137. The lowest BCUT2D eigenvalue weighted by Gasteiger charge is -2.25. The van der Waals surface area contributed by atoms with E-state index in [4.69, 9.17) is 11.6 Å². The van der Waals surface area contributed by atoms with Crippen molar-refractivity contribution in [2.75, 3.05) is 20.6 Å². The molecular formula is C6H16N4S. The summed E-state index contributed by atoms with van der Waals surface area (Å²) < 4.78 is 0. The van der Waals surface area contributed by atoms with Gasteiger partial charge in [-0.2, -0.15) is 0 Å². The van der Waals surface area contributed by atoms with Crippen LogP contribution in [0, 0.1) is 0 Å². The number of likely N-dealkylation sites (N-methyl/N-ethyl adjacent to an activating group) is 1. The Labute approximate surface area is 73.1 Å². The monoisotopic (exact) mass is 176 g/mol. The molecule has 0 heterocycles. The molecule has 0 radical (unpaired) electrons. The van der Waals surface area contributed by atoms with Crippen molar-refractivity contribution in [1.82, 2.24) is 9.91 Å². The smallest absolute Gasteiger partial charge is 0.180 e. The van der Waals surface area contributed by atoms with E-state index in [-0.39, 0.29) is 5.11 Å². The summed E-state index contributed by atoms with van der Waals surface area (Å²) in [5.41, 5.74) is 5.30. The number of nitrogens with two attached hydrogens (primary N) is 2. The third-order valence-electron chi connectivity index (χ3n) is 1.63. The van der Waals surface area contributed by atoms with Crippen LogP contribution in [0.15, 0.2) is 0 Å². The molecule has 4 N–H and O–H groups in total. The summed E-state index contributed by atoms with van der Waals surface area (Å²) in [4.78, 5) is 2.05. The molecule has 0 aliphatic heterocycles. The van der Waals surface area contributed by atoms with Crippen molar-refractivity contribution in [3.8, 4) is 0 Å². The molecule has 0 rings (SSSR count). The van der Waals surface area contributed by atoms with Gasteiger partial charge in [0.05, 0.1) is 6.54 Å². The van der Waals surface area contributed by atoms with Crippen molar-refractivity contribution in [2.24, 2.45) is 11.6 Å². The molecule has 0 aliphatic rings. The average molecular weight is 176 g/mol. The van der Waals surface area contributed by atoms with Crippen molar-refractivity contribution in [1.29, 1.82) is 0 Å². The van der Waals surface area contributed by atoms with Gasteiger partial charge in [-0.05, 0) is 33.2 Å². The highest BCUT2D eigenvalue weighted by atomic mass is 32.1. The third kappa shape index (κ3) is 4.13. The Morgan fingerprint density at radius 3 is 2.27 bits per heavy atom. The van der Waals surface area contributed by atoms with Crippen LogP contribution in [0.4, 0.5) is 0 Å². The lowest BCUT2D eigenvalue weighted by molar-refractivity contribution is 0.255. The molecular weight excluding hydrogens is 160 g/mol. The Hall–Kier alpha value is -0.390. The Balaban J connectivity index is 3.75. The lowest BCUT2D eigenvalue weighted by Crippen LogP contribution is -2.47. The molecule has 0 saturated heterocycles. The molecule has 0 aliphatic carbocycles. The summed E-state index contributed by atoms with van der Waals surface area (Å²) in [6, 6.07) is 0.349. The molecule has 0 aromatic carbocycles. The van der Waals surface area contributed by atoms with E-state index in [1.807, 2.05) is 14.1 Å². The van der Waals surface area contributed by atoms with Gasteiger partial charge >= 0.3 is 0 Å². The third-order valence-corrected chi connectivity index (χ3v) is 1.86. The molecule has 0 amide bonds. The van der Waals surface area contributed by atoms with E-state index in [9.17, 15) is 0 Å². The quantitative estimate of drug-likeness (QED) is 0.340. The summed E-state index contributed by atoms with van der Waals surface area (Å²) in [6.07, 6.45) is 0. The second-order valence-corrected chi connectivity index (χ2v) is 3.22. The van der Waals surface area contributed by atoms with Crippen molar-refractivity contribution < 1.29 is 0 Å². The normalized spacial score (nSPS) is 13.2. The summed E-state index contributed by atoms with van der Waals surface area (Å²) in [6.45, 7) is 2.71. The van der Waals surface area contributed by atoms with Crippen molar-refractivity contribution in [2.45, 2.75) is 13.0 Å². The Morgan fingerprint density at radius 2 is 2.00 bits per heavy atom. The minimum absolute atomic E-state index is 0.235. The van der Waals surface area contributed by atoms with Crippen molar-refractivity contribution >= 4 is 17.3 Å². The highest BCUT2D eigenvalue weighted by Gasteiger charge is 2.08. The molecule has 0 aromatic heterocycles. The van der Waals surface area contributed by atoms with Gasteiger partial charge in [0, 0.05) is 6.04 Å². The van der Waals surface area contributed by atoms with Crippen LogP contribution >= 0.6 is 12.2 Å². The van der Waals surface area contributed by atoms with Crippen LogP contribution in [0.1, 0.15) is 6.92 Å². The van der Waals surface area contributed by atoms with Crippen LogP contribution in [0.2, 0.25) is 0 Å². The van der Waals surface area contributed by atoms with E-state index in [1.54, 1.807) is 0 Å². The van der Waals surface area contributed by atoms with Gasteiger partial charge in [0.25, 0.3) is 0 Å². The maximum absolute atomic E-state index is 5.50. The molecule has 1 atom stereocenters. The molecule has 1 unspecified atom stereocenters. The van der Waals surface area contributed by atoms with E-state index in [2.05, 4.69) is 24.0 Å². The van der Waals surface area contributed by atoms with E-state index in [1.165, 1.54) is 5.01 Å². The summed E-state index contributed by atoms with van der Waals surface area (Å²) in [5.74, 6) is 5.50. The second kappa shape index (κ2) is 4.48. The number of rotatable bonds is 3. The van der Waals surface area contributed by atoms with Crippen LogP contribution in [-0.4, -0.2) is 41.7 Å². The molecule has 0 bridgehead atoms. The molecule has 5 heteroatoms. The molecule has 4 nitrogen and oxygen atoms in total. The fraction of sp³-hybridized carbons (Fsp3) is 0.833. The number of hydrogen-bond acceptors (Lipinski definition) is 3. The van der Waals surface area contributed by atoms with E-state index >= 15 is 0 Å². The first kappa shape index (κ1) is 10.6. The minimum atomic E-state index is 0.235. The van der Waals surface area contributed by atoms with Gasteiger partial charge < -0.3 is 10.6 Å². The predicted octanol–water partition coefficient (Wildman–Crippen LogP) is -0.644. The number of thiocarbonyl (C=S) groups is 1. The molecule has 0 saturated carbocycles. The molecule has 66 valence electrons. The van der Waals surface area contributed by atoms with Crippen molar-refractivity contribution in [3.05, 3.63) is 0 Å². The fourth-order valence-corrected chi connectivity index (χ4v) is 0.612. The van der Waals surface area contributed by atoms with E-state index in [0.717, 1.165) is 0 Å². The minimum Gasteiger partial charge on any atom is -0.375 e. The Kier molecular flexibility index (Phi) is 4.32. The van der Waals surface area contributed by atoms with Crippen LogP contribution < -0.4 is 11.6 Å². The highest BCUT2D eigenvalue weighted by molar-refractivity contribution is 7.80. The van der Waals surface area contributed by atoms with E-state index < -0.39 is 0 Å². The highest BCUT2D eigenvalue weighted by Crippen LogP contribution is 1.92. The predicted molar refractivity (Wildman–Crippen MR) is 50.8 cm³/mol. The summed E-state index contributed by atoms with van der Waals surface area (Å²) in [5, 5.41) is 1.61. The zero-order valence-corrected chi connectivity index (χ0v) is 8.06. The maximum Gasteiger partial charge on any atom is 0.180 e. The number of hydrazine groups is 1. The standard InChI is InChI=1S/C6H16N4S/c1-5(9(2)3)4-10(8)6(7)11/h5H,4,8H2,1-3H3,(H2,7,11). The summed E-state index contributed by atoms with van der Waals surface area (Å²) in [7, 11) is 3.97. The average Bonchev–Trinajstić information content (AvgIpc) is 1.87. The first-order valence-electron chi connectivity index (χ1n) is 3.43. The lowest BCUT2D eigenvalue weighted by atomic mass is 10.3. The van der Waals surface area contributed by atoms with Crippen molar-refractivity contribution in [3.63, 3.8) is 0 Å². The molecule has 11 heavy (non-hydrogen) atoms. The van der Waals surface area contributed by atoms with Gasteiger partial charge in [0.2, 0.25) is 0 Å². The maximum atomic E-state index is 5.50. The topological polar surface area (TPSA) is 58.5 Å². The first-order chi connectivity index (χ1) is 4.95. The van der Waals surface area contributed by atoms with Gasteiger partial charge in [-0.1, -0.05) is 0 Å². The van der Waals surface area contributed by atoms with Crippen LogP contribution in [0.5, 0.6) is 0 Å². The zero-order chi connectivity index (χ0) is 9.02. The zero-order valence-electron chi connectivity index (χ0n) is 7.24. The summed E-state index contributed by atoms with van der Waals surface area (Å²) >= 11 is 4.68. The van der Waals surface area contributed by atoms with Crippen LogP contribution in [0.25, 0.3) is 0 Å². The largest absolute Gasteiger partial charge is 0.375 e. The van der Waals surface area contributed by atoms with E-state index in [0.29, 0.717) is 12.6 Å². The van der Waals surface area contributed by atoms with Crippen LogP contribution in [0.3, 0.4) is 0 Å². The number of hydrogen-bond donors (Lipinski definition) is 2.